The van der Waals surface area contributed by atoms with Crippen LogP contribution >= 0.6 is 11.8 Å². The van der Waals surface area contributed by atoms with Crippen LogP contribution < -0.4 is 16.0 Å². The van der Waals surface area contributed by atoms with Gasteiger partial charge in [0.15, 0.2) is 17.0 Å². The van der Waals surface area contributed by atoms with Crippen molar-refractivity contribution in [2.75, 3.05) is 68.0 Å². The van der Waals surface area contributed by atoms with E-state index >= 15 is 0 Å². The van der Waals surface area contributed by atoms with E-state index in [1.165, 1.54) is 11.8 Å². The second kappa shape index (κ2) is 15.3. The number of aliphatic hydroxyl groups is 1. The third kappa shape index (κ3) is 6.91. The molecule has 54 heavy (non-hydrogen) atoms. The number of morpholine rings is 1. The highest BCUT2D eigenvalue weighted by Crippen LogP contribution is 2.68. The van der Waals surface area contributed by atoms with Gasteiger partial charge in [0.2, 0.25) is 11.9 Å². The SMILES string of the molecule is C=C[C@]1(C)C[C@@H](OC(=O)CSCC2CN(C(=O)CCn3cnc4c(N5CCNCC5)nc(N)nc43)CCO2)[C@]2(C)[C@H](C)CC[C@]3(CCC(=O)[C@@H]32)[C@@H](C)[C@@H]1O. The number of aliphatic hydroxyl groups excluding tert-OH is 1. The summed E-state index contributed by atoms with van der Waals surface area (Å²) >= 11 is 1.43. The van der Waals surface area contributed by atoms with Gasteiger partial charge in [0.25, 0.3) is 0 Å². The summed E-state index contributed by atoms with van der Waals surface area (Å²) < 4.78 is 14.3. The number of fused-ring (bicyclic) bond motifs is 1. The second-order valence-corrected chi connectivity index (χ2v) is 17.9. The molecule has 296 valence electrons. The number of carbonyl (C=O) groups is 3. The number of hydrogen-bond donors (Lipinski definition) is 3. The van der Waals surface area contributed by atoms with Crippen molar-refractivity contribution in [3.63, 3.8) is 0 Å². The predicted octanol–water partition coefficient (Wildman–Crippen LogP) is 3.08. The van der Waals surface area contributed by atoms with Gasteiger partial charge in [-0.25, -0.2) is 4.98 Å². The van der Waals surface area contributed by atoms with Crippen molar-refractivity contribution in [1.29, 1.82) is 0 Å². The molecule has 15 heteroatoms. The second-order valence-electron chi connectivity index (χ2n) is 16.9. The maximum Gasteiger partial charge on any atom is 0.316 e. The van der Waals surface area contributed by atoms with Crippen LogP contribution in [-0.2, 0) is 30.4 Å². The molecule has 5 fully saturated rings. The van der Waals surface area contributed by atoms with Gasteiger partial charge in [-0.05, 0) is 42.9 Å². The zero-order valence-electron chi connectivity index (χ0n) is 32.3. The molecule has 0 aromatic carbocycles. The molecule has 1 unspecified atom stereocenters. The molecule has 2 saturated heterocycles. The molecule has 4 N–H and O–H groups in total. The fourth-order valence-corrected chi connectivity index (χ4v) is 11.4. The lowest BCUT2D eigenvalue weighted by molar-refractivity contribution is -0.205. The smallest absolute Gasteiger partial charge is 0.316 e. The summed E-state index contributed by atoms with van der Waals surface area (Å²) in [7, 11) is 0. The van der Waals surface area contributed by atoms with Gasteiger partial charge in [-0.2, -0.15) is 9.97 Å². The standard InChI is InChI=1S/C39H58N8O6S/c1-6-37(4)19-28(38(5)24(2)7-10-39(25(3)33(37)51)11-8-27(48)32(38)39)53-30(50)22-54-21-26-20-46(17-18-52-26)29(49)9-14-47-23-42-31-34(43-36(40)44-35(31)47)45-15-12-41-13-16-45/h6,23-26,28,32-33,41,51H,1,7-22H2,2-5H3,(H2,40,43,44)/t24-,25+,26?,28-,32-,33+,37-,38+,39+/m1/s1. The normalized spacial score (nSPS) is 35.7. The molecule has 5 aliphatic rings. The summed E-state index contributed by atoms with van der Waals surface area (Å²) in [6.45, 7) is 17.7. The monoisotopic (exact) mass is 766 g/mol. The summed E-state index contributed by atoms with van der Waals surface area (Å²) in [6, 6.07) is 0. The summed E-state index contributed by atoms with van der Waals surface area (Å²) in [4.78, 5) is 58.2. The molecule has 3 aliphatic carbocycles. The zero-order chi connectivity index (χ0) is 38.4. The van der Waals surface area contributed by atoms with Gasteiger partial charge < -0.3 is 40.0 Å². The van der Waals surface area contributed by atoms with Gasteiger partial charge >= 0.3 is 5.97 Å². The van der Waals surface area contributed by atoms with Crippen molar-refractivity contribution in [3.8, 4) is 0 Å². The molecule has 7 rings (SSSR count). The number of nitrogens with one attached hydrogen (secondary N) is 1. The number of carbonyl (C=O) groups excluding carboxylic acids is 3. The van der Waals surface area contributed by atoms with Gasteiger partial charge in [0.05, 0.1) is 30.9 Å². The number of hydrogen-bond acceptors (Lipinski definition) is 13. The van der Waals surface area contributed by atoms with Crippen LogP contribution in [0.3, 0.4) is 0 Å². The number of imidazole rings is 1. The first-order chi connectivity index (χ1) is 25.8. The fourth-order valence-electron chi connectivity index (χ4n) is 10.6. The minimum atomic E-state index is -0.701. The topological polar surface area (TPSA) is 178 Å². The van der Waals surface area contributed by atoms with E-state index in [4.69, 9.17) is 15.2 Å². The summed E-state index contributed by atoms with van der Waals surface area (Å²) in [5.41, 5.74) is 5.86. The number of nitrogens with two attached hydrogens (primary N) is 1. The Balaban J connectivity index is 0.950. The first-order valence-corrected chi connectivity index (χ1v) is 20.9. The third-order valence-electron chi connectivity index (χ3n) is 14.0. The minimum Gasteiger partial charge on any atom is -0.461 e. The average Bonchev–Trinajstić information content (AvgIpc) is 3.75. The first-order valence-electron chi connectivity index (χ1n) is 19.8. The maximum atomic E-state index is 13.7. The highest BCUT2D eigenvalue weighted by atomic mass is 32.2. The van der Waals surface area contributed by atoms with Crippen molar-refractivity contribution in [2.24, 2.45) is 34.0 Å². The molecule has 3 saturated carbocycles. The van der Waals surface area contributed by atoms with Gasteiger partial charge in [-0.3, -0.25) is 14.4 Å². The summed E-state index contributed by atoms with van der Waals surface area (Å²) in [6.07, 6.45) is 5.83. The van der Waals surface area contributed by atoms with Crippen LogP contribution in [0.1, 0.15) is 66.2 Å². The first kappa shape index (κ1) is 39.0. The minimum absolute atomic E-state index is 0.0114. The van der Waals surface area contributed by atoms with Crippen LogP contribution in [0.15, 0.2) is 19.0 Å². The number of aryl methyl sites for hydroxylation is 1. The molecule has 14 nitrogen and oxygen atoms in total. The molecule has 2 aromatic rings. The molecule has 1 amide bonds. The maximum absolute atomic E-state index is 13.7. The average molecular weight is 767 g/mol. The number of nitrogens with zero attached hydrogens (tertiary/aromatic N) is 6. The molecule has 4 heterocycles. The molecule has 2 aromatic heterocycles. The van der Waals surface area contributed by atoms with Crippen LogP contribution in [0.2, 0.25) is 0 Å². The Morgan fingerprint density at radius 1 is 1.20 bits per heavy atom. The molecular formula is C39H58N8O6S. The summed E-state index contributed by atoms with van der Waals surface area (Å²) in [5.74, 6) is 1.30. The van der Waals surface area contributed by atoms with Crippen molar-refractivity contribution >= 4 is 52.4 Å². The predicted molar refractivity (Wildman–Crippen MR) is 208 cm³/mol. The Labute approximate surface area is 322 Å². The number of amides is 1. The van der Waals surface area contributed by atoms with E-state index in [0.29, 0.717) is 56.0 Å². The lowest BCUT2D eigenvalue weighted by Crippen LogP contribution is -2.63. The van der Waals surface area contributed by atoms with Gasteiger partial charge in [0, 0.05) is 81.2 Å². The van der Waals surface area contributed by atoms with Crippen LogP contribution in [0.25, 0.3) is 11.2 Å². The van der Waals surface area contributed by atoms with Crippen molar-refractivity contribution in [2.45, 2.75) is 91.1 Å². The number of aromatic nitrogens is 4. The molecular weight excluding hydrogens is 709 g/mol. The van der Waals surface area contributed by atoms with E-state index in [0.717, 1.165) is 51.3 Å². The van der Waals surface area contributed by atoms with E-state index in [-0.39, 0.29) is 65.1 Å². The van der Waals surface area contributed by atoms with Crippen LogP contribution in [0.5, 0.6) is 0 Å². The number of thioether (sulfide) groups is 1. The van der Waals surface area contributed by atoms with E-state index < -0.39 is 23.0 Å². The van der Waals surface area contributed by atoms with Gasteiger partial charge in [-0.15, -0.1) is 18.3 Å². The number of anilines is 2. The quantitative estimate of drug-likeness (QED) is 0.238. The fraction of sp³-hybridized carbons (Fsp3) is 0.744. The van der Waals surface area contributed by atoms with E-state index in [1.807, 2.05) is 22.5 Å². The van der Waals surface area contributed by atoms with Gasteiger partial charge in [0.1, 0.15) is 11.9 Å². The van der Waals surface area contributed by atoms with E-state index in [1.54, 1.807) is 6.33 Å². The third-order valence-corrected chi connectivity index (χ3v) is 15.1. The molecule has 2 bridgehead atoms. The lowest BCUT2D eigenvalue weighted by Gasteiger charge is -2.61. The number of rotatable bonds is 10. The van der Waals surface area contributed by atoms with Crippen LogP contribution in [0, 0.1) is 34.0 Å². The highest BCUT2D eigenvalue weighted by molar-refractivity contribution is 7.99. The number of nitrogen functional groups attached to an aromatic ring is 1. The van der Waals surface area contributed by atoms with Crippen molar-refractivity contribution in [1.82, 2.24) is 29.7 Å². The largest absolute Gasteiger partial charge is 0.461 e. The van der Waals surface area contributed by atoms with E-state index in [9.17, 15) is 19.5 Å². The number of esters is 1. The highest BCUT2D eigenvalue weighted by Gasteiger charge is 2.68. The van der Waals surface area contributed by atoms with Crippen LogP contribution in [-0.4, -0.2) is 123 Å². The Bertz CT molecular complexity index is 1750. The lowest BCUT2D eigenvalue weighted by atomic mass is 9.44. The number of ketones is 1. The number of piperazine rings is 1. The Hall–Kier alpha value is -3.27. The van der Waals surface area contributed by atoms with E-state index in [2.05, 4.69) is 52.5 Å². The molecule has 9 atom stereocenters. The Kier molecular flexibility index (Phi) is 11.1. The molecule has 0 radical (unpaired) electrons. The Morgan fingerprint density at radius 2 is 1.98 bits per heavy atom. The van der Waals surface area contributed by atoms with Crippen molar-refractivity contribution in [3.05, 3.63) is 19.0 Å². The number of Topliss-reactive ketones (excluding diaryl/α,β-unsaturated/α-hetero) is 1. The van der Waals surface area contributed by atoms with Crippen LogP contribution in [0.4, 0.5) is 11.8 Å². The Morgan fingerprint density at radius 3 is 2.74 bits per heavy atom. The molecule has 2 aliphatic heterocycles. The molecule has 0 spiro atoms. The number of ether oxygens (including phenoxy) is 2. The van der Waals surface area contributed by atoms with Crippen molar-refractivity contribution < 1.29 is 29.0 Å². The zero-order valence-corrected chi connectivity index (χ0v) is 33.1. The summed E-state index contributed by atoms with van der Waals surface area (Å²) in [5, 5.41) is 15.1. The van der Waals surface area contributed by atoms with Gasteiger partial charge in [-0.1, -0.05) is 33.8 Å².